The number of alkyl halides is 1. The minimum absolute atomic E-state index is 0.00573. The van der Waals surface area contributed by atoms with Gasteiger partial charge in [0.1, 0.15) is 0 Å². The summed E-state index contributed by atoms with van der Waals surface area (Å²) < 4.78 is 0. The zero-order chi connectivity index (χ0) is 12.0. The first-order chi connectivity index (χ1) is 7.61. The number of hydrogen-bond acceptors (Lipinski definition) is 3. The molecule has 86 valence electrons. The summed E-state index contributed by atoms with van der Waals surface area (Å²) in [7, 11) is 0. The summed E-state index contributed by atoms with van der Waals surface area (Å²) in [5, 5.41) is 6.28. The molecule has 0 saturated carbocycles. The summed E-state index contributed by atoms with van der Waals surface area (Å²) in [6.07, 6.45) is -0.754. The number of anilines is 1. The first-order valence-electron chi connectivity index (χ1n) is 4.23. The number of nitrogens with zero attached hydrogens (tertiary/aromatic N) is 1. The summed E-state index contributed by atoms with van der Waals surface area (Å²) in [6.45, 7) is 0. The average molecular weight is 262 g/mol. The van der Waals surface area contributed by atoms with Gasteiger partial charge in [-0.2, -0.15) is 0 Å². The number of oxime groups is 1. The fraction of sp³-hybridized carbons (Fsp3) is 0.111. The molecule has 0 aliphatic heterocycles. The van der Waals surface area contributed by atoms with Crippen LogP contribution in [0.1, 0.15) is 0 Å². The number of nitrogens with two attached hydrogens (primary N) is 1. The maximum absolute atomic E-state index is 11.1. The van der Waals surface area contributed by atoms with Crippen LogP contribution in [0.2, 0.25) is 5.02 Å². The first-order valence-corrected chi connectivity index (χ1v) is 5.15. The quantitative estimate of drug-likeness (QED) is 0.288. The van der Waals surface area contributed by atoms with Crippen molar-refractivity contribution in [1.82, 2.24) is 0 Å². The summed E-state index contributed by atoms with van der Waals surface area (Å²) in [5.41, 5.74) is 5.77. The number of benzene rings is 1. The first kappa shape index (κ1) is 12.6. The zero-order valence-corrected chi connectivity index (χ0v) is 9.63. The summed E-state index contributed by atoms with van der Waals surface area (Å²) in [4.78, 5) is 15.6. The van der Waals surface area contributed by atoms with Gasteiger partial charge in [0.2, 0.25) is 0 Å². The Morgan fingerprint density at radius 1 is 1.44 bits per heavy atom. The third-order valence-electron chi connectivity index (χ3n) is 1.47. The van der Waals surface area contributed by atoms with Crippen LogP contribution in [0.4, 0.5) is 10.5 Å². The van der Waals surface area contributed by atoms with Crippen molar-refractivity contribution >= 4 is 40.8 Å². The monoisotopic (exact) mass is 261 g/mol. The maximum Gasteiger partial charge on any atom is 0.437 e. The standard InChI is InChI=1S/C9H9Cl2N3O2/c10-5-8(12)14-16-9(15)13-7-3-1-6(11)2-4-7/h1-4H,5H2,(H2,12,14)(H,13,15). The Kier molecular flexibility index (Phi) is 4.88. The van der Waals surface area contributed by atoms with Gasteiger partial charge < -0.3 is 5.73 Å². The molecule has 0 radical (unpaired) electrons. The summed E-state index contributed by atoms with van der Waals surface area (Å²) >= 11 is 11.0. The Bertz CT molecular complexity index is 392. The Hall–Kier alpha value is -1.46. The molecule has 0 aliphatic carbocycles. The van der Waals surface area contributed by atoms with E-state index >= 15 is 0 Å². The van der Waals surface area contributed by atoms with Gasteiger partial charge in [-0.3, -0.25) is 10.2 Å². The van der Waals surface area contributed by atoms with Gasteiger partial charge in [-0.25, -0.2) is 4.79 Å². The average Bonchev–Trinajstić information content (AvgIpc) is 2.29. The molecule has 5 nitrogen and oxygen atoms in total. The molecule has 0 heterocycles. The number of amides is 1. The van der Waals surface area contributed by atoms with Crippen molar-refractivity contribution in [2.75, 3.05) is 11.2 Å². The highest BCUT2D eigenvalue weighted by Crippen LogP contribution is 2.13. The molecule has 0 unspecified atom stereocenters. The van der Waals surface area contributed by atoms with E-state index in [9.17, 15) is 4.79 Å². The molecule has 1 aromatic rings. The number of hydrogen-bond donors (Lipinski definition) is 2. The van der Waals surface area contributed by atoms with E-state index in [-0.39, 0.29) is 11.7 Å². The lowest BCUT2D eigenvalue weighted by atomic mass is 10.3. The second-order valence-corrected chi connectivity index (χ2v) is 3.43. The van der Waals surface area contributed by atoms with E-state index in [1.165, 1.54) is 0 Å². The van der Waals surface area contributed by atoms with Crippen molar-refractivity contribution in [2.45, 2.75) is 0 Å². The van der Waals surface area contributed by atoms with Gasteiger partial charge in [0.15, 0.2) is 5.84 Å². The molecule has 0 bridgehead atoms. The van der Waals surface area contributed by atoms with Gasteiger partial charge in [0, 0.05) is 10.7 Å². The Labute approximate surface area is 102 Å². The normalized spacial score (nSPS) is 11.0. The summed E-state index contributed by atoms with van der Waals surface area (Å²) in [5.74, 6) is 0.0155. The van der Waals surface area contributed by atoms with Crippen LogP contribution in [0.3, 0.4) is 0 Å². The van der Waals surface area contributed by atoms with Gasteiger partial charge in [0.25, 0.3) is 0 Å². The summed E-state index contributed by atoms with van der Waals surface area (Å²) in [6, 6.07) is 6.51. The Morgan fingerprint density at radius 2 is 2.06 bits per heavy atom. The van der Waals surface area contributed by atoms with Crippen LogP contribution in [-0.2, 0) is 4.84 Å². The van der Waals surface area contributed by atoms with E-state index in [4.69, 9.17) is 28.9 Å². The second kappa shape index (κ2) is 6.19. The third-order valence-corrected chi connectivity index (χ3v) is 2.00. The van der Waals surface area contributed by atoms with Gasteiger partial charge in [-0.05, 0) is 24.3 Å². The molecule has 1 amide bonds. The molecule has 3 N–H and O–H groups in total. The number of halogens is 2. The van der Waals surface area contributed by atoms with Crippen LogP contribution in [0.5, 0.6) is 0 Å². The molecule has 0 spiro atoms. The zero-order valence-electron chi connectivity index (χ0n) is 8.11. The predicted octanol–water partition coefficient (Wildman–Crippen LogP) is 2.40. The van der Waals surface area contributed by atoms with Crippen LogP contribution in [-0.4, -0.2) is 17.8 Å². The second-order valence-electron chi connectivity index (χ2n) is 2.73. The smallest absolute Gasteiger partial charge is 0.383 e. The van der Waals surface area contributed by atoms with Crippen LogP contribution in [0.25, 0.3) is 0 Å². The van der Waals surface area contributed by atoms with E-state index in [0.29, 0.717) is 10.7 Å². The molecule has 0 saturated heterocycles. The molecule has 0 atom stereocenters. The van der Waals surface area contributed by atoms with Gasteiger partial charge >= 0.3 is 6.09 Å². The van der Waals surface area contributed by atoms with Crippen LogP contribution in [0, 0.1) is 0 Å². The van der Waals surface area contributed by atoms with Gasteiger partial charge in [0.05, 0.1) is 5.88 Å². The van der Waals surface area contributed by atoms with Crippen LogP contribution in [0.15, 0.2) is 29.4 Å². The molecule has 1 aromatic carbocycles. The molecular weight excluding hydrogens is 253 g/mol. The fourth-order valence-corrected chi connectivity index (χ4v) is 0.973. The number of amidine groups is 1. The molecular formula is C9H9Cl2N3O2. The molecule has 0 aromatic heterocycles. The number of nitrogens with one attached hydrogen (secondary N) is 1. The molecule has 0 fully saturated rings. The van der Waals surface area contributed by atoms with Gasteiger partial charge in [-0.15, -0.1) is 11.6 Å². The van der Waals surface area contributed by atoms with E-state index < -0.39 is 6.09 Å². The minimum Gasteiger partial charge on any atom is -0.383 e. The van der Waals surface area contributed by atoms with Crippen molar-refractivity contribution < 1.29 is 9.63 Å². The lowest BCUT2D eigenvalue weighted by Gasteiger charge is -2.02. The van der Waals surface area contributed by atoms with Crippen LogP contribution >= 0.6 is 23.2 Å². The molecule has 0 aliphatic rings. The number of carbonyl (C=O) groups excluding carboxylic acids is 1. The van der Waals surface area contributed by atoms with Crippen molar-refractivity contribution in [2.24, 2.45) is 10.9 Å². The van der Waals surface area contributed by atoms with Gasteiger partial charge in [-0.1, -0.05) is 16.8 Å². The van der Waals surface area contributed by atoms with Crippen molar-refractivity contribution in [3.8, 4) is 0 Å². The molecule has 7 heteroatoms. The highest BCUT2D eigenvalue weighted by Gasteiger charge is 2.02. The highest BCUT2D eigenvalue weighted by atomic mass is 35.5. The Morgan fingerprint density at radius 3 is 2.62 bits per heavy atom. The maximum atomic E-state index is 11.1. The lowest BCUT2D eigenvalue weighted by Crippen LogP contribution is -2.17. The SMILES string of the molecule is NC(CCl)=NOC(=O)Nc1ccc(Cl)cc1. The highest BCUT2D eigenvalue weighted by molar-refractivity contribution is 6.30. The van der Waals surface area contributed by atoms with Crippen LogP contribution < -0.4 is 11.1 Å². The van der Waals surface area contributed by atoms with E-state index in [0.717, 1.165) is 0 Å². The fourth-order valence-electron chi connectivity index (χ4n) is 0.798. The molecule has 1 rings (SSSR count). The molecule has 16 heavy (non-hydrogen) atoms. The third kappa shape index (κ3) is 4.37. The van der Waals surface area contributed by atoms with E-state index in [1.54, 1.807) is 24.3 Å². The van der Waals surface area contributed by atoms with Crippen molar-refractivity contribution in [3.63, 3.8) is 0 Å². The van der Waals surface area contributed by atoms with E-state index in [2.05, 4.69) is 15.3 Å². The minimum atomic E-state index is -0.754. The van der Waals surface area contributed by atoms with Crippen molar-refractivity contribution in [3.05, 3.63) is 29.3 Å². The van der Waals surface area contributed by atoms with E-state index in [1.807, 2.05) is 0 Å². The number of rotatable bonds is 3. The number of carbonyl (C=O) groups is 1. The largest absolute Gasteiger partial charge is 0.437 e. The predicted molar refractivity (Wildman–Crippen MR) is 63.9 cm³/mol. The van der Waals surface area contributed by atoms with Crippen molar-refractivity contribution in [1.29, 1.82) is 0 Å². The topological polar surface area (TPSA) is 76.7 Å². The Balaban J connectivity index is 2.49. The lowest BCUT2D eigenvalue weighted by molar-refractivity contribution is 0.166.